The van der Waals surface area contributed by atoms with Crippen LogP contribution >= 0.6 is 0 Å². The Morgan fingerprint density at radius 2 is 1.92 bits per heavy atom. The van der Waals surface area contributed by atoms with E-state index in [1.807, 2.05) is 0 Å². The molecule has 0 saturated heterocycles. The van der Waals surface area contributed by atoms with E-state index < -0.39 is 0 Å². The number of benzene rings is 1. The second kappa shape index (κ2) is 9.12. The number of hydrogen-bond acceptors (Lipinski definition) is 4. The Hall–Kier alpha value is -2.70. The topological polar surface area (TPSA) is 76.1 Å². The standard InChI is InChI=1S/C19H23FN4O2/c20-15-7-5-6-14(12-15)13-26-18-17(21-10-11-22-18)24-19(25)23-16-8-3-1-2-4-9-16/h5-7,10-12,16H,1-4,8-9,13H2,(H2,21,23,24,25). The Bertz CT molecular complexity index is 733. The molecule has 3 rings (SSSR count). The summed E-state index contributed by atoms with van der Waals surface area (Å²) >= 11 is 0. The van der Waals surface area contributed by atoms with Crippen LogP contribution in [0, 0.1) is 5.82 Å². The number of amides is 2. The summed E-state index contributed by atoms with van der Waals surface area (Å²) in [6, 6.07) is 6.01. The lowest BCUT2D eigenvalue weighted by Crippen LogP contribution is -2.37. The molecule has 0 spiro atoms. The van der Waals surface area contributed by atoms with E-state index >= 15 is 0 Å². The molecule has 1 heterocycles. The molecule has 2 aromatic rings. The van der Waals surface area contributed by atoms with E-state index in [-0.39, 0.29) is 36.2 Å². The largest absolute Gasteiger partial charge is 0.470 e. The van der Waals surface area contributed by atoms with E-state index in [9.17, 15) is 9.18 Å². The van der Waals surface area contributed by atoms with Gasteiger partial charge in [0.05, 0.1) is 0 Å². The zero-order valence-corrected chi connectivity index (χ0v) is 14.6. The zero-order valence-electron chi connectivity index (χ0n) is 14.6. The molecule has 2 amide bonds. The SMILES string of the molecule is O=C(Nc1nccnc1OCc1cccc(F)c1)NC1CCCCCC1. The number of nitrogens with zero attached hydrogens (tertiary/aromatic N) is 2. The molecule has 0 bridgehead atoms. The van der Waals surface area contributed by atoms with Gasteiger partial charge >= 0.3 is 6.03 Å². The number of carbonyl (C=O) groups excluding carboxylic acids is 1. The summed E-state index contributed by atoms with van der Waals surface area (Å²) in [5.74, 6) is 0.120. The predicted molar refractivity (Wildman–Crippen MR) is 96.4 cm³/mol. The fourth-order valence-corrected chi connectivity index (χ4v) is 3.05. The quantitative estimate of drug-likeness (QED) is 0.791. The molecule has 1 aliphatic rings. The maximum Gasteiger partial charge on any atom is 0.320 e. The van der Waals surface area contributed by atoms with E-state index in [0.717, 1.165) is 25.7 Å². The number of urea groups is 1. The van der Waals surface area contributed by atoms with Gasteiger partial charge in [0.1, 0.15) is 12.4 Å². The highest BCUT2D eigenvalue weighted by molar-refractivity contribution is 5.89. The van der Waals surface area contributed by atoms with Crippen LogP contribution in [0.3, 0.4) is 0 Å². The molecule has 1 aromatic carbocycles. The van der Waals surface area contributed by atoms with Crippen LogP contribution < -0.4 is 15.4 Å². The van der Waals surface area contributed by atoms with Crippen LogP contribution in [-0.2, 0) is 6.61 Å². The minimum Gasteiger partial charge on any atom is -0.470 e. The van der Waals surface area contributed by atoms with Crippen molar-refractivity contribution < 1.29 is 13.9 Å². The van der Waals surface area contributed by atoms with Gasteiger partial charge in [-0.25, -0.2) is 19.2 Å². The van der Waals surface area contributed by atoms with Gasteiger partial charge in [-0.1, -0.05) is 37.8 Å². The Morgan fingerprint density at radius 1 is 1.15 bits per heavy atom. The normalized spacial score (nSPS) is 15.1. The molecule has 26 heavy (non-hydrogen) atoms. The first-order valence-corrected chi connectivity index (χ1v) is 8.96. The molecule has 1 aliphatic carbocycles. The third-order valence-corrected chi connectivity index (χ3v) is 4.35. The van der Waals surface area contributed by atoms with Gasteiger partial charge in [0.15, 0.2) is 5.82 Å². The minimum absolute atomic E-state index is 0.134. The van der Waals surface area contributed by atoms with Crippen LogP contribution in [0.15, 0.2) is 36.7 Å². The Balaban J connectivity index is 1.58. The maximum atomic E-state index is 13.2. The van der Waals surface area contributed by atoms with Gasteiger partial charge in [0, 0.05) is 18.4 Å². The van der Waals surface area contributed by atoms with E-state index in [2.05, 4.69) is 20.6 Å². The molecular formula is C19H23FN4O2. The number of ether oxygens (including phenoxy) is 1. The molecule has 0 atom stereocenters. The average Bonchev–Trinajstić information content (AvgIpc) is 2.89. The van der Waals surface area contributed by atoms with Crippen molar-refractivity contribution >= 4 is 11.8 Å². The van der Waals surface area contributed by atoms with Gasteiger partial charge in [0.25, 0.3) is 5.88 Å². The third kappa shape index (κ3) is 5.40. The highest BCUT2D eigenvalue weighted by Gasteiger charge is 2.16. The lowest BCUT2D eigenvalue weighted by Gasteiger charge is -2.17. The highest BCUT2D eigenvalue weighted by Crippen LogP contribution is 2.20. The number of halogens is 1. The fraction of sp³-hybridized carbons (Fsp3) is 0.421. The molecule has 0 aliphatic heterocycles. The zero-order chi connectivity index (χ0) is 18.2. The molecular weight excluding hydrogens is 335 g/mol. The number of anilines is 1. The first kappa shape index (κ1) is 18.1. The van der Waals surface area contributed by atoms with Gasteiger partial charge < -0.3 is 10.1 Å². The van der Waals surface area contributed by atoms with Crippen LogP contribution in [0.2, 0.25) is 0 Å². The molecule has 1 saturated carbocycles. The first-order valence-electron chi connectivity index (χ1n) is 8.96. The Kier molecular flexibility index (Phi) is 6.35. The molecule has 7 heteroatoms. The van der Waals surface area contributed by atoms with Crippen molar-refractivity contribution in [2.24, 2.45) is 0 Å². The van der Waals surface area contributed by atoms with Crippen molar-refractivity contribution in [1.82, 2.24) is 15.3 Å². The summed E-state index contributed by atoms with van der Waals surface area (Å²) in [5.41, 5.74) is 0.671. The predicted octanol–water partition coefficient (Wildman–Crippen LogP) is 4.04. The van der Waals surface area contributed by atoms with Gasteiger partial charge in [0.2, 0.25) is 0 Å². The lowest BCUT2D eigenvalue weighted by molar-refractivity contribution is 0.246. The van der Waals surface area contributed by atoms with Crippen molar-refractivity contribution in [1.29, 1.82) is 0 Å². The molecule has 1 fully saturated rings. The van der Waals surface area contributed by atoms with E-state index in [0.29, 0.717) is 5.56 Å². The molecule has 2 N–H and O–H groups in total. The third-order valence-electron chi connectivity index (χ3n) is 4.35. The molecule has 1 aromatic heterocycles. The van der Waals surface area contributed by atoms with E-state index in [1.54, 1.807) is 12.1 Å². The second-order valence-corrected chi connectivity index (χ2v) is 6.42. The van der Waals surface area contributed by atoms with Crippen LogP contribution in [0.4, 0.5) is 15.0 Å². The van der Waals surface area contributed by atoms with Gasteiger partial charge in [-0.15, -0.1) is 0 Å². The summed E-state index contributed by atoms with van der Waals surface area (Å²) < 4.78 is 18.9. The average molecular weight is 358 g/mol. The summed E-state index contributed by atoms with van der Waals surface area (Å²) in [6.45, 7) is 0.134. The lowest BCUT2D eigenvalue weighted by atomic mass is 10.1. The number of carbonyl (C=O) groups is 1. The molecule has 138 valence electrons. The van der Waals surface area contributed by atoms with Gasteiger partial charge in [-0.3, -0.25) is 5.32 Å². The summed E-state index contributed by atoms with van der Waals surface area (Å²) in [4.78, 5) is 20.5. The van der Waals surface area contributed by atoms with Crippen LogP contribution in [0.1, 0.15) is 44.1 Å². The van der Waals surface area contributed by atoms with E-state index in [1.165, 1.54) is 37.4 Å². The molecule has 0 radical (unpaired) electrons. The molecule has 0 unspecified atom stereocenters. The van der Waals surface area contributed by atoms with Crippen molar-refractivity contribution in [2.75, 3.05) is 5.32 Å². The van der Waals surface area contributed by atoms with Crippen LogP contribution in [-0.4, -0.2) is 22.0 Å². The summed E-state index contributed by atoms with van der Waals surface area (Å²) in [6.07, 6.45) is 9.68. The summed E-state index contributed by atoms with van der Waals surface area (Å²) in [7, 11) is 0. The summed E-state index contributed by atoms with van der Waals surface area (Å²) in [5, 5.41) is 5.70. The van der Waals surface area contributed by atoms with E-state index in [4.69, 9.17) is 4.74 Å². The van der Waals surface area contributed by atoms with Crippen LogP contribution in [0.25, 0.3) is 0 Å². The van der Waals surface area contributed by atoms with Crippen molar-refractivity contribution in [2.45, 2.75) is 51.2 Å². The maximum absolute atomic E-state index is 13.2. The fourth-order valence-electron chi connectivity index (χ4n) is 3.05. The van der Waals surface area contributed by atoms with Gasteiger partial charge in [-0.2, -0.15) is 0 Å². The molecule has 6 nitrogen and oxygen atoms in total. The van der Waals surface area contributed by atoms with Gasteiger partial charge in [-0.05, 0) is 30.5 Å². The first-order chi connectivity index (χ1) is 12.7. The van der Waals surface area contributed by atoms with Crippen molar-refractivity contribution in [3.8, 4) is 5.88 Å². The van der Waals surface area contributed by atoms with Crippen molar-refractivity contribution in [3.63, 3.8) is 0 Å². The van der Waals surface area contributed by atoms with Crippen molar-refractivity contribution in [3.05, 3.63) is 48.0 Å². The second-order valence-electron chi connectivity index (χ2n) is 6.42. The number of hydrogen-bond donors (Lipinski definition) is 2. The Labute approximate surface area is 152 Å². The van der Waals surface area contributed by atoms with Crippen LogP contribution in [0.5, 0.6) is 5.88 Å². The smallest absolute Gasteiger partial charge is 0.320 e. The highest BCUT2D eigenvalue weighted by atomic mass is 19.1. The minimum atomic E-state index is -0.327. The number of aromatic nitrogens is 2. The Morgan fingerprint density at radius 3 is 2.69 bits per heavy atom. The number of rotatable bonds is 5. The monoisotopic (exact) mass is 358 g/mol. The number of nitrogens with one attached hydrogen (secondary N) is 2.